The molecule has 1 saturated heterocycles. The quantitative estimate of drug-likeness (QED) is 0.419. The van der Waals surface area contributed by atoms with Crippen LogP contribution in [0.15, 0.2) is 83.3 Å². The van der Waals surface area contributed by atoms with Gasteiger partial charge in [-0.25, -0.2) is 9.97 Å². The van der Waals surface area contributed by atoms with Crippen LogP contribution in [0.4, 0.5) is 5.95 Å². The minimum Gasteiger partial charge on any atom is -0.337 e. The molecule has 1 fully saturated rings. The molecule has 0 saturated carbocycles. The predicted molar refractivity (Wildman–Crippen MR) is 127 cm³/mol. The average Bonchev–Trinajstić information content (AvgIpc) is 2.84. The zero-order valence-corrected chi connectivity index (χ0v) is 18.5. The number of hydrogen-bond acceptors (Lipinski definition) is 4. The molecule has 154 valence electrons. The van der Waals surface area contributed by atoms with Gasteiger partial charge in [-0.2, -0.15) is 0 Å². The van der Waals surface area contributed by atoms with Gasteiger partial charge < -0.3 is 9.80 Å². The molecule has 1 aliphatic rings. The lowest BCUT2D eigenvalue weighted by Crippen LogP contribution is -2.49. The van der Waals surface area contributed by atoms with Crippen molar-refractivity contribution in [2.45, 2.75) is 0 Å². The van der Waals surface area contributed by atoms with E-state index in [1.54, 1.807) is 0 Å². The Morgan fingerprint density at radius 2 is 1.48 bits per heavy atom. The molecule has 4 aromatic rings. The van der Waals surface area contributed by atoms with Crippen molar-refractivity contribution in [1.82, 2.24) is 14.9 Å². The number of benzene rings is 3. The number of carbonyl (C=O) groups is 1. The molecule has 5 nitrogen and oxygen atoms in total. The molecule has 1 amide bonds. The molecule has 6 heteroatoms. The SMILES string of the molecule is O=C(c1ccccc1)N1CCN(c2nc(-c3ccccc3)c3cc(Br)ccc3n2)CC1. The van der Waals surface area contributed by atoms with Gasteiger partial charge in [0.1, 0.15) is 0 Å². The fourth-order valence-corrected chi connectivity index (χ4v) is 4.28. The third kappa shape index (κ3) is 4.03. The van der Waals surface area contributed by atoms with Gasteiger partial charge in [0.05, 0.1) is 11.2 Å². The maximum absolute atomic E-state index is 12.8. The highest BCUT2D eigenvalue weighted by atomic mass is 79.9. The van der Waals surface area contributed by atoms with Gasteiger partial charge in [-0.05, 0) is 30.3 Å². The number of piperazine rings is 1. The van der Waals surface area contributed by atoms with Crippen LogP contribution in [-0.2, 0) is 0 Å². The third-order valence-corrected chi connectivity index (χ3v) is 6.06. The maximum Gasteiger partial charge on any atom is 0.253 e. The molecule has 0 radical (unpaired) electrons. The zero-order chi connectivity index (χ0) is 21.2. The predicted octanol–water partition coefficient (Wildman–Crippen LogP) is 5.02. The average molecular weight is 473 g/mol. The fourth-order valence-electron chi connectivity index (χ4n) is 3.92. The summed E-state index contributed by atoms with van der Waals surface area (Å²) >= 11 is 3.57. The van der Waals surface area contributed by atoms with Crippen molar-refractivity contribution in [3.63, 3.8) is 0 Å². The number of aromatic nitrogens is 2. The zero-order valence-electron chi connectivity index (χ0n) is 16.9. The van der Waals surface area contributed by atoms with Crippen molar-refractivity contribution in [3.05, 3.63) is 88.9 Å². The number of anilines is 1. The van der Waals surface area contributed by atoms with Crippen LogP contribution in [0.2, 0.25) is 0 Å². The van der Waals surface area contributed by atoms with Crippen molar-refractivity contribution in [3.8, 4) is 11.3 Å². The molecule has 1 aliphatic heterocycles. The summed E-state index contributed by atoms with van der Waals surface area (Å²) in [6.45, 7) is 2.70. The van der Waals surface area contributed by atoms with E-state index >= 15 is 0 Å². The number of fused-ring (bicyclic) bond motifs is 1. The van der Waals surface area contributed by atoms with E-state index in [1.165, 1.54) is 0 Å². The van der Waals surface area contributed by atoms with Crippen LogP contribution < -0.4 is 4.90 Å². The molecule has 1 aromatic heterocycles. The van der Waals surface area contributed by atoms with Gasteiger partial charge in [-0.15, -0.1) is 0 Å². The lowest BCUT2D eigenvalue weighted by Gasteiger charge is -2.35. The van der Waals surface area contributed by atoms with Gasteiger partial charge >= 0.3 is 0 Å². The van der Waals surface area contributed by atoms with E-state index in [0.29, 0.717) is 32.1 Å². The number of amides is 1. The van der Waals surface area contributed by atoms with E-state index in [4.69, 9.17) is 9.97 Å². The van der Waals surface area contributed by atoms with Crippen molar-refractivity contribution in [1.29, 1.82) is 0 Å². The van der Waals surface area contributed by atoms with Gasteiger partial charge in [-0.1, -0.05) is 64.5 Å². The Balaban J connectivity index is 1.44. The smallest absolute Gasteiger partial charge is 0.253 e. The number of hydrogen-bond donors (Lipinski definition) is 0. The third-order valence-electron chi connectivity index (χ3n) is 5.56. The van der Waals surface area contributed by atoms with Gasteiger partial charge in [0.25, 0.3) is 5.91 Å². The molecule has 0 unspecified atom stereocenters. The minimum atomic E-state index is 0.0782. The van der Waals surface area contributed by atoms with Crippen molar-refractivity contribution in [2.24, 2.45) is 0 Å². The number of carbonyl (C=O) groups excluding carboxylic acids is 1. The van der Waals surface area contributed by atoms with Gasteiger partial charge in [-0.3, -0.25) is 4.79 Å². The van der Waals surface area contributed by atoms with Crippen molar-refractivity contribution in [2.75, 3.05) is 31.1 Å². The summed E-state index contributed by atoms with van der Waals surface area (Å²) in [6, 6.07) is 25.7. The Labute approximate surface area is 189 Å². The lowest BCUT2D eigenvalue weighted by atomic mass is 10.1. The van der Waals surface area contributed by atoms with Gasteiger partial charge in [0.2, 0.25) is 5.95 Å². The van der Waals surface area contributed by atoms with Crippen LogP contribution in [0.25, 0.3) is 22.2 Å². The van der Waals surface area contributed by atoms with Crippen LogP contribution in [0.3, 0.4) is 0 Å². The largest absolute Gasteiger partial charge is 0.337 e. The maximum atomic E-state index is 12.8. The molecule has 0 N–H and O–H groups in total. The number of rotatable bonds is 3. The van der Waals surface area contributed by atoms with E-state index in [1.807, 2.05) is 65.6 Å². The molecular formula is C25H21BrN4O. The minimum absolute atomic E-state index is 0.0782. The molecular weight excluding hydrogens is 452 g/mol. The highest BCUT2D eigenvalue weighted by Crippen LogP contribution is 2.30. The fraction of sp³-hybridized carbons (Fsp3) is 0.160. The number of nitrogens with zero attached hydrogens (tertiary/aromatic N) is 4. The first-order valence-electron chi connectivity index (χ1n) is 10.3. The lowest BCUT2D eigenvalue weighted by molar-refractivity contribution is 0.0746. The first-order valence-corrected chi connectivity index (χ1v) is 11.1. The van der Waals surface area contributed by atoms with Crippen LogP contribution >= 0.6 is 15.9 Å². The van der Waals surface area contributed by atoms with Crippen molar-refractivity contribution < 1.29 is 4.79 Å². The first-order chi connectivity index (χ1) is 15.2. The Kier molecular flexibility index (Phi) is 5.38. The second kappa shape index (κ2) is 8.47. The molecule has 2 heterocycles. The Hall–Kier alpha value is -3.25. The second-order valence-electron chi connectivity index (χ2n) is 7.54. The van der Waals surface area contributed by atoms with Crippen LogP contribution in [0.1, 0.15) is 10.4 Å². The molecule has 31 heavy (non-hydrogen) atoms. The van der Waals surface area contributed by atoms with E-state index in [9.17, 15) is 4.79 Å². The van der Waals surface area contributed by atoms with Gasteiger partial charge in [0.15, 0.2) is 0 Å². The molecule has 0 bridgehead atoms. The van der Waals surface area contributed by atoms with Gasteiger partial charge in [0, 0.05) is 47.2 Å². The van der Waals surface area contributed by atoms with E-state index in [-0.39, 0.29) is 5.91 Å². The Bertz CT molecular complexity index is 1220. The topological polar surface area (TPSA) is 49.3 Å². The second-order valence-corrected chi connectivity index (χ2v) is 8.46. The normalized spacial score (nSPS) is 14.1. The molecule has 3 aromatic carbocycles. The summed E-state index contributed by atoms with van der Waals surface area (Å²) in [5.41, 5.74) is 3.63. The summed E-state index contributed by atoms with van der Waals surface area (Å²) in [4.78, 5) is 26.6. The molecule has 0 aliphatic carbocycles. The van der Waals surface area contributed by atoms with E-state index in [2.05, 4.69) is 39.0 Å². The summed E-state index contributed by atoms with van der Waals surface area (Å²) in [7, 11) is 0. The Morgan fingerprint density at radius 3 is 2.19 bits per heavy atom. The Morgan fingerprint density at radius 1 is 0.806 bits per heavy atom. The van der Waals surface area contributed by atoms with Crippen LogP contribution in [0, 0.1) is 0 Å². The molecule has 0 atom stereocenters. The number of halogens is 1. The highest BCUT2D eigenvalue weighted by molar-refractivity contribution is 9.10. The monoisotopic (exact) mass is 472 g/mol. The molecule has 0 spiro atoms. The standard InChI is InChI=1S/C25H21BrN4O/c26-20-11-12-22-21(17-20)23(18-7-3-1-4-8-18)28-25(27-22)30-15-13-29(14-16-30)24(31)19-9-5-2-6-10-19/h1-12,17H,13-16H2. The van der Waals surface area contributed by atoms with E-state index in [0.717, 1.165) is 32.2 Å². The summed E-state index contributed by atoms with van der Waals surface area (Å²) in [5, 5.41) is 1.02. The summed E-state index contributed by atoms with van der Waals surface area (Å²) < 4.78 is 1.00. The van der Waals surface area contributed by atoms with Crippen LogP contribution in [0.5, 0.6) is 0 Å². The van der Waals surface area contributed by atoms with Crippen molar-refractivity contribution >= 4 is 38.7 Å². The van der Waals surface area contributed by atoms with Crippen LogP contribution in [-0.4, -0.2) is 47.0 Å². The summed E-state index contributed by atoms with van der Waals surface area (Å²) in [5.74, 6) is 0.787. The van der Waals surface area contributed by atoms with E-state index < -0.39 is 0 Å². The first kappa shape index (κ1) is 19.7. The highest BCUT2D eigenvalue weighted by Gasteiger charge is 2.24. The summed E-state index contributed by atoms with van der Waals surface area (Å²) in [6.07, 6.45) is 0. The molecule has 5 rings (SSSR count).